The second-order valence-electron chi connectivity index (χ2n) is 4.46. The monoisotopic (exact) mass is 254 g/mol. The highest BCUT2D eigenvalue weighted by atomic mass is 16.3. The Bertz CT molecular complexity index is 678. The summed E-state index contributed by atoms with van der Waals surface area (Å²) in [6.45, 7) is 1.76. The number of fused-ring (bicyclic) bond motifs is 1. The van der Waals surface area contributed by atoms with Crippen molar-refractivity contribution in [3.8, 4) is 0 Å². The zero-order chi connectivity index (χ0) is 13.2. The van der Waals surface area contributed by atoms with Gasteiger partial charge in [-0.15, -0.1) is 0 Å². The van der Waals surface area contributed by atoms with Crippen LogP contribution in [-0.4, -0.2) is 30.7 Å². The van der Waals surface area contributed by atoms with Crippen molar-refractivity contribution in [3.63, 3.8) is 0 Å². The molecule has 0 aliphatic rings. The first-order valence-electron chi connectivity index (χ1n) is 6.13. The SMILES string of the molecule is CC(O)C(c1ccccn1)n1ccc2cncnc21. The molecule has 3 heterocycles. The molecule has 3 rings (SSSR count). The lowest BCUT2D eigenvalue weighted by molar-refractivity contribution is 0.148. The summed E-state index contributed by atoms with van der Waals surface area (Å²) in [6.07, 6.45) is 6.34. The molecule has 2 atom stereocenters. The number of rotatable bonds is 3. The van der Waals surface area contributed by atoms with Gasteiger partial charge in [0, 0.05) is 24.0 Å². The van der Waals surface area contributed by atoms with Crippen molar-refractivity contribution in [1.82, 2.24) is 19.5 Å². The third kappa shape index (κ3) is 2.08. The molecular formula is C14H14N4O. The van der Waals surface area contributed by atoms with Crippen molar-refractivity contribution >= 4 is 11.0 Å². The predicted octanol–water partition coefficient (Wildman–Crippen LogP) is 1.80. The summed E-state index contributed by atoms with van der Waals surface area (Å²) in [5.41, 5.74) is 1.61. The Morgan fingerprint density at radius 3 is 2.84 bits per heavy atom. The van der Waals surface area contributed by atoms with E-state index >= 15 is 0 Å². The third-order valence-electron chi connectivity index (χ3n) is 3.13. The maximum absolute atomic E-state index is 10.1. The standard InChI is InChI=1S/C14H14N4O/c1-10(19)13(12-4-2-3-6-16-12)18-7-5-11-8-15-9-17-14(11)18/h2-10,13,19H,1H3. The van der Waals surface area contributed by atoms with Crippen molar-refractivity contribution < 1.29 is 5.11 Å². The molecule has 5 heteroatoms. The van der Waals surface area contributed by atoms with Crippen LogP contribution in [0.5, 0.6) is 0 Å². The van der Waals surface area contributed by atoms with E-state index < -0.39 is 6.10 Å². The van der Waals surface area contributed by atoms with Gasteiger partial charge in [0.2, 0.25) is 0 Å². The first-order chi connectivity index (χ1) is 9.27. The van der Waals surface area contributed by atoms with Crippen LogP contribution in [0.15, 0.2) is 49.2 Å². The van der Waals surface area contributed by atoms with Crippen LogP contribution < -0.4 is 0 Å². The molecule has 1 N–H and O–H groups in total. The normalized spacial score (nSPS) is 14.4. The van der Waals surface area contributed by atoms with E-state index in [1.807, 2.05) is 35.0 Å². The lowest BCUT2D eigenvalue weighted by Crippen LogP contribution is -2.23. The van der Waals surface area contributed by atoms with Gasteiger partial charge in [-0.05, 0) is 25.1 Å². The van der Waals surface area contributed by atoms with Crippen molar-refractivity contribution in [2.75, 3.05) is 0 Å². The number of aliphatic hydroxyl groups is 1. The Kier molecular flexibility index (Phi) is 2.97. The molecule has 0 spiro atoms. The molecule has 0 amide bonds. The minimum absolute atomic E-state index is 0.256. The lowest BCUT2D eigenvalue weighted by atomic mass is 10.1. The first kappa shape index (κ1) is 11.8. The summed E-state index contributed by atoms with van der Waals surface area (Å²) >= 11 is 0. The molecule has 96 valence electrons. The van der Waals surface area contributed by atoms with Gasteiger partial charge in [-0.2, -0.15) is 0 Å². The average molecular weight is 254 g/mol. The maximum atomic E-state index is 10.1. The topological polar surface area (TPSA) is 63.8 Å². The molecule has 2 unspecified atom stereocenters. The Morgan fingerprint density at radius 1 is 1.21 bits per heavy atom. The van der Waals surface area contributed by atoms with Gasteiger partial charge >= 0.3 is 0 Å². The van der Waals surface area contributed by atoms with Crippen LogP contribution in [-0.2, 0) is 0 Å². The predicted molar refractivity (Wildman–Crippen MR) is 71.6 cm³/mol. The Hall–Kier alpha value is -2.27. The largest absolute Gasteiger partial charge is 0.391 e. The average Bonchev–Trinajstić information content (AvgIpc) is 2.84. The molecule has 0 saturated heterocycles. The first-order valence-corrected chi connectivity index (χ1v) is 6.13. The van der Waals surface area contributed by atoms with E-state index in [0.29, 0.717) is 0 Å². The van der Waals surface area contributed by atoms with Crippen LogP contribution in [0.4, 0.5) is 0 Å². The zero-order valence-corrected chi connectivity index (χ0v) is 10.5. The van der Waals surface area contributed by atoms with E-state index in [-0.39, 0.29) is 6.04 Å². The van der Waals surface area contributed by atoms with Crippen LogP contribution in [0.25, 0.3) is 11.0 Å². The molecule has 0 aromatic carbocycles. The summed E-state index contributed by atoms with van der Waals surface area (Å²) in [5.74, 6) is 0. The number of aromatic nitrogens is 4. The Labute approximate surface area is 110 Å². The minimum Gasteiger partial charge on any atom is -0.391 e. The van der Waals surface area contributed by atoms with E-state index in [0.717, 1.165) is 16.7 Å². The number of nitrogens with zero attached hydrogens (tertiary/aromatic N) is 4. The molecule has 0 saturated carbocycles. The lowest BCUT2D eigenvalue weighted by Gasteiger charge is -2.21. The van der Waals surface area contributed by atoms with Crippen LogP contribution in [0.2, 0.25) is 0 Å². The van der Waals surface area contributed by atoms with E-state index in [2.05, 4.69) is 15.0 Å². The van der Waals surface area contributed by atoms with Gasteiger partial charge in [0.1, 0.15) is 18.0 Å². The molecule has 0 aliphatic heterocycles. The van der Waals surface area contributed by atoms with Gasteiger partial charge in [0.05, 0.1) is 11.8 Å². The fourth-order valence-electron chi connectivity index (χ4n) is 2.30. The Morgan fingerprint density at radius 2 is 2.11 bits per heavy atom. The highest BCUT2D eigenvalue weighted by molar-refractivity contribution is 5.75. The van der Waals surface area contributed by atoms with E-state index in [4.69, 9.17) is 0 Å². The number of pyridine rings is 1. The van der Waals surface area contributed by atoms with Crippen molar-refractivity contribution in [2.24, 2.45) is 0 Å². The summed E-state index contributed by atoms with van der Waals surface area (Å²) in [6, 6.07) is 7.36. The Balaban J connectivity index is 2.16. The summed E-state index contributed by atoms with van der Waals surface area (Å²) in [4.78, 5) is 12.6. The van der Waals surface area contributed by atoms with Crippen LogP contribution in [0, 0.1) is 0 Å². The van der Waals surface area contributed by atoms with Crippen LogP contribution in [0.3, 0.4) is 0 Å². The molecule has 0 bridgehead atoms. The molecule has 0 aliphatic carbocycles. The quantitative estimate of drug-likeness (QED) is 0.774. The third-order valence-corrected chi connectivity index (χ3v) is 3.13. The van der Waals surface area contributed by atoms with Crippen molar-refractivity contribution in [1.29, 1.82) is 0 Å². The van der Waals surface area contributed by atoms with Crippen LogP contribution >= 0.6 is 0 Å². The van der Waals surface area contributed by atoms with Gasteiger partial charge in [-0.25, -0.2) is 9.97 Å². The molecule has 3 aromatic heterocycles. The van der Waals surface area contributed by atoms with Gasteiger partial charge in [-0.3, -0.25) is 4.98 Å². The van der Waals surface area contributed by atoms with Crippen molar-refractivity contribution in [3.05, 3.63) is 54.9 Å². The van der Waals surface area contributed by atoms with E-state index in [1.165, 1.54) is 6.33 Å². The van der Waals surface area contributed by atoms with Gasteiger partial charge < -0.3 is 9.67 Å². The molecule has 0 radical (unpaired) electrons. The summed E-state index contributed by atoms with van der Waals surface area (Å²) in [7, 11) is 0. The van der Waals surface area contributed by atoms with E-state index in [1.54, 1.807) is 19.3 Å². The minimum atomic E-state index is -0.569. The van der Waals surface area contributed by atoms with E-state index in [9.17, 15) is 5.11 Å². The molecule has 3 aromatic rings. The fraction of sp³-hybridized carbons (Fsp3) is 0.214. The highest BCUT2D eigenvalue weighted by Gasteiger charge is 2.22. The maximum Gasteiger partial charge on any atom is 0.143 e. The number of hydrogen-bond acceptors (Lipinski definition) is 4. The number of aliphatic hydroxyl groups excluding tert-OH is 1. The zero-order valence-electron chi connectivity index (χ0n) is 10.5. The summed E-state index contributed by atoms with van der Waals surface area (Å²) in [5, 5.41) is 11.0. The van der Waals surface area contributed by atoms with Crippen molar-refractivity contribution in [2.45, 2.75) is 19.1 Å². The molecular weight excluding hydrogens is 240 g/mol. The van der Waals surface area contributed by atoms with Gasteiger partial charge in [-0.1, -0.05) is 6.07 Å². The second-order valence-corrected chi connectivity index (χ2v) is 4.46. The smallest absolute Gasteiger partial charge is 0.143 e. The molecule has 5 nitrogen and oxygen atoms in total. The van der Waals surface area contributed by atoms with Crippen LogP contribution in [0.1, 0.15) is 18.7 Å². The highest BCUT2D eigenvalue weighted by Crippen LogP contribution is 2.25. The summed E-state index contributed by atoms with van der Waals surface area (Å²) < 4.78 is 1.93. The molecule has 19 heavy (non-hydrogen) atoms. The molecule has 0 fully saturated rings. The fourth-order valence-corrected chi connectivity index (χ4v) is 2.30. The van der Waals surface area contributed by atoms with Gasteiger partial charge in [0.25, 0.3) is 0 Å². The van der Waals surface area contributed by atoms with Gasteiger partial charge in [0.15, 0.2) is 0 Å². The second kappa shape index (κ2) is 4.78. The number of hydrogen-bond donors (Lipinski definition) is 1.